The first-order chi connectivity index (χ1) is 15.2. The second-order valence-corrected chi connectivity index (χ2v) is 7.71. The minimum absolute atomic E-state index is 0.0260. The van der Waals surface area contributed by atoms with Gasteiger partial charge in [-0.1, -0.05) is 54.6 Å². The third-order valence-corrected chi connectivity index (χ3v) is 5.68. The van der Waals surface area contributed by atoms with Crippen LogP contribution in [0.5, 0.6) is 0 Å². The molecule has 5 heteroatoms. The Balaban J connectivity index is 1.53. The van der Waals surface area contributed by atoms with E-state index in [0.29, 0.717) is 24.3 Å². The van der Waals surface area contributed by atoms with Gasteiger partial charge in [0.05, 0.1) is 6.04 Å². The number of amides is 3. The quantitative estimate of drug-likeness (QED) is 0.631. The molecule has 1 atom stereocenters. The zero-order chi connectivity index (χ0) is 21.6. The summed E-state index contributed by atoms with van der Waals surface area (Å²) in [7, 11) is 0. The summed E-state index contributed by atoms with van der Waals surface area (Å²) in [5.41, 5.74) is 4.97. The van der Waals surface area contributed by atoms with Gasteiger partial charge in [-0.3, -0.25) is 4.79 Å². The van der Waals surface area contributed by atoms with Gasteiger partial charge in [0.25, 0.3) is 5.91 Å². The van der Waals surface area contributed by atoms with E-state index in [1.807, 2.05) is 36.1 Å². The van der Waals surface area contributed by atoms with Gasteiger partial charge in [-0.15, -0.1) is 0 Å². The van der Waals surface area contributed by atoms with Gasteiger partial charge in [-0.05, 0) is 60.7 Å². The van der Waals surface area contributed by atoms with E-state index >= 15 is 0 Å². The summed E-state index contributed by atoms with van der Waals surface area (Å²) in [4.78, 5) is 27.1. The second kappa shape index (κ2) is 9.47. The number of nitrogens with zero attached hydrogens (tertiary/aromatic N) is 1. The van der Waals surface area contributed by atoms with Crippen LogP contribution in [0.3, 0.4) is 0 Å². The van der Waals surface area contributed by atoms with Crippen LogP contribution in [0.1, 0.15) is 40.0 Å². The molecule has 3 aromatic rings. The van der Waals surface area contributed by atoms with Gasteiger partial charge < -0.3 is 15.5 Å². The van der Waals surface area contributed by atoms with Crippen molar-refractivity contribution in [1.82, 2.24) is 10.2 Å². The summed E-state index contributed by atoms with van der Waals surface area (Å²) < 4.78 is 0. The minimum atomic E-state index is -0.124. The molecule has 1 heterocycles. The monoisotopic (exact) mass is 413 g/mol. The molecular weight excluding hydrogens is 386 g/mol. The third kappa shape index (κ3) is 4.77. The Hall–Kier alpha value is -3.60. The average molecular weight is 414 g/mol. The molecule has 158 valence electrons. The molecule has 0 fully saturated rings. The smallest absolute Gasteiger partial charge is 0.322 e. The van der Waals surface area contributed by atoms with Crippen molar-refractivity contribution >= 4 is 17.6 Å². The van der Waals surface area contributed by atoms with Crippen molar-refractivity contribution in [2.75, 3.05) is 18.4 Å². The fourth-order valence-corrected chi connectivity index (χ4v) is 4.11. The number of urea groups is 1. The lowest BCUT2D eigenvalue weighted by atomic mass is 9.89. The largest absolute Gasteiger partial charge is 0.352 e. The zero-order valence-corrected chi connectivity index (χ0v) is 17.7. The molecule has 0 radical (unpaired) electrons. The molecule has 3 aromatic carbocycles. The first-order valence-electron chi connectivity index (χ1n) is 10.7. The topological polar surface area (TPSA) is 61.4 Å². The standard InChI is InChI=1S/C26H27N3O2/c1-2-27-25(30)21-12-14-22(15-13-21)28-26(31)29-17-16-20-10-6-7-11-23(20)24(29)18-19-8-4-3-5-9-19/h3-15,24H,2,16-18H2,1H3,(H,27,30)(H,28,31)/t24-/m1/s1. The molecule has 0 aromatic heterocycles. The fourth-order valence-electron chi connectivity index (χ4n) is 4.11. The Bertz CT molecular complexity index is 1050. The van der Waals surface area contributed by atoms with Crippen molar-refractivity contribution in [3.63, 3.8) is 0 Å². The summed E-state index contributed by atoms with van der Waals surface area (Å²) in [5.74, 6) is -0.115. The van der Waals surface area contributed by atoms with Crippen molar-refractivity contribution < 1.29 is 9.59 Å². The van der Waals surface area contributed by atoms with Crippen molar-refractivity contribution in [2.45, 2.75) is 25.8 Å². The van der Waals surface area contributed by atoms with Crippen LogP contribution in [-0.4, -0.2) is 29.9 Å². The highest BCUT2D eigenvalue weighted by Gasteiger charge is 2.30. The van der Waals surface area contributed by atoms with Crippen molar-refractivity contribution in [3.8, 4) is 0 Å². The van der Waals surface area contributed by atoms with Crippen LogP contribution in [-0.2, 0) is 12.8 Å². The summed E-state index contributed by atoms with van der Waals surface area (Å²) in [6.07, 6.45) is 1.60. The predicted octanol–water partition coefficient (Wildman–Crippen LogP) is 4.81. The van der Waals surface area contributed by atoms with E-state index < -0.39 is 0 Å². The highest BCUT2D eigenvalue weighted by atomic mass is 16.2. The number of nitrogens with one attached hydrogen (secondary N) is 2. The summed E-state index contributed by atoms with van der Waals surface area (Å²) >= 11 is 0. The molecule has 31 heavy (non-hydrogen) atoms. The van der Waals surface area contributed by atoms with Crippen LogP contribution in [0.2, 0.25) is 0 Å². The van der Waals surface area contributed by atoms with E-state index in [-0.39, 0.29) is 18.0 Å². The molecule has 0 aliphatic carbocycles. The number of anilines is 1. The molecule has 0 spiro atoms. The molecule has 0 unspecified atom stereocenters. The van der Waals surface area contributed by atoms with Crippen molar-refractivity contribution in [3.05, 3.63) is 101 Å². The van der Waals surface area contributed by atoms with Crippen LogP contribution in [0.15, 0.2) is 78.9 Å². The van der Waals surface area contributed by atoms with E-state index in [9.17, 15) is 9.59 Å². The lowest BCUT2D eigenvalue weighted by Crippen LogP contribution is -2.43. The lowest BCUT2D eigenvalue weighted by molar-refractivity contribution is 0.0956. The molecule has 0 saturated heterocycles. The van der Waals surface area contributed by atoms with Crippen LogP contribution in [0.4, 0.5) is 10.5 Å². The van der Waals surface area contributed by atoms with E-state index in [0.717, 1.165) is 12.8 Å². The number of fused-ring (bicyclic) bond motifs is 1. The average Bonchev–Trinajstić information content (AvgIpc) is 2.80. The van der Waals surface area contributed by atoms with Gasteiger partial charge >= 0.3 is 6.03 Å². The molecule has 3 amide bonds. The molecule has 0 bridgehead atoms. The SMILES string of the molecule is CCNC(=O)c1ccc(NC(=O)N2CCc3ccccc3[C@H]2Cc2ccccc2)cc1. The van der Waals surface area contributed by atoms with Gasteiger partial charge in [-0.25, -0.2) is 4.79 Å². The summed E-state index contributed by atoms with van der Waals surface area (Å²) in [5, 5.41) is 5.79. The normalized spacial score (nSPS) is 15.1. The zero-order valence-electron chi connectivity index (χ0n) is 17.7. The van der Waals surface area contributed by atoms with E-state index in [1.165, 1.54) is 16.7 Å². The highest BCUT2D eigenvalue weighted by molar-refractivity contribution is 5.95. The highest BCUT2D eigenvalue weighted by Crippen LogP contribution is 2.33. The predicted molar refractivity (Wildman–Crippen MR) is 123 cm³/mol. The second-order valence-electron chi connectivity index (χ2n) is 7.71. The molecule has 0 saturated carbocycles. The van der Waals surface area contributed by atoms with Crippen LogP contribution >= 0.6 is 0 Å². The number of rotatable bonds is 5. The Morgan fingerprint density at radius 1 is 0.935 bits per heavy atom. The minimum Gasteiger partial charge on any atom is -0.352 e. The molecular formula is C26H27N3O2. The van der Waals surface area contributed by atoms with Crippen molar-refractivity contribution in [1.29, 1.82) is 0 Å². The first kappa shape index (κ1) is 20.7. The fraction of sp³-hybridized carbons (Fsp3) is 0.231. The molecule has 1 aliphatic heterocycles. The maximum Gasteiger partial charge on any atom is 0.322 e. The number of hydrogen-bond acceptors (Lipinski definition) is 2. The van der Waals surface area contributed by atoms with Gasteiger partial charge in [-0.2, -0.15) is 0 Å². The maximum atomic E-state index is 13.2. The van der Waals surface area contributed by atoms with Gasteiger partial charge in [0.1, 0.15) is 0 Å². The lowest BCUT2D eigenvalue weighted by Gasteiger charge is -2.37. The number of carbonyl (C=O) groups excluding carboxylic acids is 2. The summed E-state index contributed by atoms with van der Waals surface area (Å²) in [6.45, 7) is 3.13. The number of benzene rings is 3. The molecule has 5 nitrogen and oxygen atoms in total. The molecule has 1 aliphatic rings. The van der Waals surface area contributed by atoms with E-state index in [2.05, 4.69) is 41.0 Å². The Labute approximate surface area is 183 Å². The van der Waals surface area contributed by atoms with Gasteiger partial charge in [0, 0.05) is 24.3 Å². The summed E-state index contributed by atoms with van der Waals surface area (Å²) in [6, 6.07) is 25.5. The van der Waals surface area contributed by atoms with E-state index in [4.69, 9.17) is 0 Å². The number of carbonyl (C=O) groups is 2. The molecule has 2 N–H and O–H groups in total. The van der Waals surface area contributed by atoms with Crippen LogP contribution in [0.25, 0.3) is 0 Å². The number of hydrogen-bond donors (Lipinski definition) is 2. The first-order valence-corrected chi connectivity index (χ1v) is 10.7. The van der Waals surface area contributed by atoms with Crippen molar-refractivity contribution in [2.24, 2.45) is 0 Å². The van der Waals surface area contributed by atoms with Crippen LogP contribution < -0.4 is 10.6 Å². The Morgan fingerprint density at radius 2 is 1.65 bits per heavy atom. The Kier molecular flexibility index (Phi) is 6.32. The third-order valence-electron chi connectivity index (χ3n) is 5.68. The Morgan fingerprint density at radius 3 is 2.39 bits per heavy atom. The molecule has 4 rings (SSSR count). The van der Waals surface area contributed by atoms with Gasteiger partial charge in [0.2, 0.25) is 0 Å². The van der Waals surface area contributed by atoms with Gasteiger partial charge in [0.15, 0.2) is 0 Å². The van der Waals surface area contributed by atoms with Crippen LogP contribution in [0, 0.1) is 0 Å². The maximum absolute atomic E-state index is 13.2. The van der Waals surface area contributed by atoms with E-state index in [1.54, 1.807) is 24.3 Å².